The minimum absolute atomic E-state index is 0.281. The number of hydrogen-bond donors (Lipinski definition) is 2. The van der Waals surface area contributed by atoms with E-state index in [1.165, 1.54) is 24.3 Å². The van der Waals surface area contributed by atoms with Crippen molar-refractivity contribution in [2.75, 3.05) is 6.54 Å². The maximum Gasteiger partial charge on any atom is 0.269 e. The predicted octanol–water partition coefficient (Wildman–Crippen LogP) is 2.07. The molecular formula is C15H15FN2O2. The van der Waals surface area contributed by atoms with Gasteiger partial charge in [0.2, 0.25) is 0 Å². The molecule has 0 aliphatic rings. The summed E-state index contributed by atoms with van der Waals surface area (Å²) in [6.45, 7) is 0.313. The van der Waals surface area contributed by atoms with Crippen LogP contribution in [0, 0.1) is 5.82 Å². The summed E-state index contributed by atoms with van der Waals surface area (Å²) >= 11 is 0. The fourth-order valence-corrected chi connectivity index (χ4v) is 1.76. The van der Waals surface area contributed by atoms with E-state index in [1.807, 2.05) is 0 Å². The largest absolute Gasteiger partial charge is 0.388 e. The highest BCUT2D eigenvalue weighted by Gasteiger charge is 2.09. The van der Waals surface area contributed by atoms with Gasteiger partial charge in [-0.15, -0.1) is 0 Å². The third kappa shape index (κ3) is 3.86. The lowest BCUT2D eigenvalue weighted by Crippen LogP contribution is -2.26. The van der Waals surface area contributed by atoms with E-state index in [0.717, 1.165) is 0 Å². The van der Waals surface area contributed by atoms with Crippen LogP contribution in [0.2, 0.25) is 0 Å². The van der Waals surface area contributed by atoms with Gasteiger partial charge in [0.05, 0.1) is 6.10 Å². The molecule has 0 saturated carbocycles. The molecule has 20 heavy (non-hydrogen) atoms. The Hall–Kier alpha value is -2.27. The first-order chi connectivity index (χ1) is 9.66. The van der Waals surface area contributed by atoms with Crippen LogP contribution in [0.3, 0.4) is 0 Å². The van der Waals surface area contributed by atoms with Crippen molar-refractivity contribution in [3.8, 4) is 0 Å². The monoisotopic (exact) mass is 274 g/mol. The Kier molecular flexibility index (Phi) is 4.79. The molecule has 2 rings (SSSR count). The highest BCUT2D eigenvalue weighted by atomic mass is 19.1. The zero-order chi connectivity index (χ0) is 14.4. The van der Waals surface area contributed by atoms with Gasteiger partial charge in [-0.05, 0) is 36.2 Å². The van der Waals surface area contributed by atoms with E-state index < -0.39 is 6.10 Å². The highest BCUT2D eigenvalue weighted by Crippen LogP contribution is 2.16. The molecule has 1 amide bonds. The summed E-state index contributed by atoms with van der Waals surface area (Å²) in [5.74, 6) is -0.624. The Labute approximate surface area is 116 Å². The second-order valence-corrected chi connectivity index (χ2v) is 4.33. The normalized spacial score (nSPS) is 11.9. The van der Waals surface area contributed by atoms with Gasteiger partial charge in [0.25, 0.3) is 5.91 Å². The molecular weight excluding hydrogens is 259 g/mol. The number of aliphatic hydroxyl groups is 1. The second-order valence-electron chi connectivity index (χ2n) is 4.33. The Morgan fingerprint density at radius 1 is 1.25 bits per heavy atom. The van der Waals surface area contributed by atoms with Gasteiger partial charge in [-0.3, -0.25) is 9.78 Å². The van der Waals surface area contributed by atoms with Crippen molar-refractivity contribution in [2.24, 2.45) is 0 Å². The number of hydrogen-bond acceptors (Lipinski definition) is 3. The number of amides is 1. The fourth-order valence-electron chi connectivity index (χ4n) is 1.76. The topological polar surface area (TPSA) is 62.2 Å². The molecule has 0 aliphatic heterocycles. The number of rotatable bonds is 5. The molecule has 5 heteroatoms. The third-order valence-electron chi connectivity index (χ3n) is 2.86. The van der Waals surface area contributed by atoms with Crippen LogP contribution in [0.15, 0.2) is 48.7 Å². The van der Waals surface area contributed by atoms with Crippen molar-refractivity contribution in [3.05, 3.63) is 65.7 Å². The SMILES string of the molecule is O=C(NCCC(O)c1ccc(F)cc1)c1ccccn1. The number of halogens is 1. The van der Waals surface area contributed by atoms with Crippen molar-refractivity contribution in [1.29, 1.82) is 0 Å². The van der Waals surface area contributed by atoms with Gasteiger partial charge in [0.15, 0.2) is 0 Å². The van der Waals surface area contributed by atoms with Gasteiger partial charge >= 0.3 is 0 Å². The smallest absolute Gasteiger partial charge is 0.269 e. The van der Waals surface area contributed by atoms with Gasteiger partial charge in [-0.25, -0.2) is 4.39 Å². The number of aromatic nitrogens is 1. The Bertz CT molecular complexity index is 558. The molecule has 1 aromatic carbocycles. The summed E-state index contributed by atoms with van der Waals surface area (Å²) in [6.07, 6.45) is 1.16. The number of carbonyl (C=O) groups is 1. The molecule has 1 heterocycles. The van der Waals surface area contributed by atoms with Gasteiger partial charge in [0.1, 0.15) is 11.5 Å². The average Bonchev–Trinajstić information content (AvgIpc) is 2.48. The molecule has 0 spiro atoms. The lowest BCUT2D eigenvalue weighted by atomic mass is 10.1. The van der Waals surface area contributed by atoms with Gasteiger partial charge in [-0.1, -0.05) is 18.2 Å². The highest BCUT2D eigenvalue weighted by molar-refractivity contribution is 5.92. The van der Waals surface area contributed by atoms with E-state index in [0.29, 0.717) is 24.2 Å². The van der Waals surface area contributed by atoms with Gasteiger partial charge in [0, 0.05) is 12.7 Å². The molecule has 1 atom stereocenters. The molecule has 0 saturated heterocycles. The number of pyridine rings is 1. The molecule has 104 valence electrons. The van der Waals surface area contributed by atoms with Crippen LogP contribution < -0.4 is 5.32 Å². The van der Waals surface area contributed by atoms with Crippen LogP contribution in [-0.4, -0.2) is 22.5 Å². The van der Waals surface area contributed by atoms with Crippen LogP contribution in [0.5, 0.6) is 0 Å². The number of nitrogens with zero attached hydrogens (tertiary/aromatic N) is 1. The summed E-state index contributed by atoms with van der Waals surface area (Å²) in [6, 6.07) is 10.7. The van der Waals surface area contributed by atoms with Crippen LogP contribution in [-0.2, 0) is 0 Å². The molecule has 2 N–H and O–H groups in total. The van der Waals surface area contributed by atoms with Crippen LogP contribution >= 0.6 is 0 Å². The summed E-state index contributed by atoms with van der Waals surface area (Å²) < 4.78 is 12.8. The van der Waals surface area contributed by atoms with Crippen molar-refractivity contribution in [2.45, 2.75) is 12.5 Å². The van der Waals surface area contributed by atoms with E-state index in [2.05, 4.69) is 10.3 Å². The lowest BCUT2D eigenvalue weighted by molar-refractivity contribution is 0.0937. The van der Waals surface area contributed by atoms with E-state index >= 15 is 0 Å². The zero-order valence-electron chi connectivity index (χ0n) is 10.8. The number of aliphatic hydroxyl groups excluding tert-OH is 1. The van der Waals surface area contributed by atoms with E-state index in [1.54, 1.807) is 24.4 Å². The molecule has 2 aromatic rings. The van der Waals surface area contributed by atoms with Gasteiger partial charge in [-0.2, -0.15) is 0 Å². The standard InChI is InChI=1S/C15H15FN2O2/c16-12-6-4-11(5-7-12)14(19)8-10-18-15(20)13-3-1-2-9-17-13/h1-7,9,14,19H,8,10H2,(H,18,20). The molecule has 1 unspecified atom stereocenters. The van der Waals surface area contributed by atoms with E-state index in [9.17, 15) is 14.3 Å². The van der Waals surface area contributed by atoms with Crippen molar-refractivity contribution in [3.63, 3.8) is 0 Å². The minimum atomic E-state index is -0.736. The maximum atomic E-state index is 12.8. The Morgan fingerprint density at radius 2 is 2.00 bits per heavy atom. The number of carbonyl (C=O) groups excluding carboxylic acids is 1. The summed E-state index contributed by atoms with van der Waals surface area (Å²) in [5, 5.41) is 12.6. The molecule has 1 aromatic heterocycles. The average molecular weight is 274 g/mol. The quantitative estimate of drug-likeness (QED) is 0.877. The molecule has 0 fully saturated rings. The van der Waals surface area contributed by atoms with Crippen molar-refractivity contribution < 1.29 is 14.3 Å². The van der Waals surface area contributed by atoms with Crippen LogP contribution in [0.25, 0.3) is 0 Å². The van der Waals surface area contributed by atoms with Gasteiger partial charge < -0.3 is 10.4 Å². The number of benzene rings is 1. The van der Waals surface area contributed by atoms with E-state index in [-0.39, 0.29) is 11.7 Å². The summed E-state index contributed by atoms with van der Waals surface area (Å²) in [7, 11) is 0. The molecule has 0 aliphatic carbocycles. The summed E-state index contributed by atoms with van der Waals surface area (Å²) in [4.78, 5) is 15.6. The second kappa shape index (κ2) is 6.77. The van der Waals surface area contributed by atoms with Crippen molar-refractivity contribution >= 4 is 5.91 Å². The lowest BCUT2D eigenvalue weighted by Gasteiger charge is -2.11. The minimum Gasteiger partial charge on any atom is -0.388 e. The van der Waals surface area contributed by atoms with Crippen LogP contribution in [0.1, 0.15) is 28.6 Å². The Balaban J connectivity index is 1.81. The molecule has 0 bridgehead atoms. The van der Waals surface area contributed by atoms with E-state index in [4.69, 9.17) is 0 Å². The summed E-state index contributed by atoms with van der Waals surface area (Å²) in [5.41, 5.74) is 0.960. The first-order valence-corrected chi connectivity index (χ1v) is 6.29. The maximum absolute atomic E-state index is 12.8. The van der Waals surface area contributed by atoms with Crippen molar-refractivity contribution in [1.82, 2.24) is 10.3 Å². The van der Waals surface area contributed by atoms with Crippen LogP contribution in [0.4, 0.5) is 4.39 Å². The third-order valence-corrected chi connectivity index (χ3v) is 2.86. The first-order valence-electron chi connectivity index (χ1n) is 6.29. The molecule has 0 radical (unpaired) electrons. The fraction of sp³-hybridized carbons (Fsp3) is 0.200. The Morgan fingerprint density at radius 3 is 2.65 bits per heavy atom. The number of nitrogens with one attached hydrogen (secondary N) is 1. The predicted molar refractivity (Wildman–Crippen MR) is 72.5 cm³/mol. The molecule has 4 nitrogen and oxygen atoms in total. The zero-order valence-corrected chi connectivity index (χ0v) is 10.8. The first kappa shape index (κ1) is 14.1.